The van der Waals surface area contributed by atoms with Crippen molar-refractivity contribution in [2.75, 3.05) is 19.7 Å². The van der Waals surface area contributed by atoms with E-state index in [1.54, 1.807) is 0 Å². The molecule has 2 rings (SSSR count). The fourth-order valence-corrected chi connectivity index (χ4v) is 2.89. The van der Waals surface area contributed by atoms with Crippen LogP contribution in [0.2, 0.25) is 0 Å². The minimum absolute atomic E-state index is 0.271. The summed E-state index contributed by atoms with van der Waals surface area (Å²) >= 11 is 3.66. The van der Waals surface area contributed by atoms with Crippen molar-refractivity contribution in [2.24, 2.45) is 0 Å². The van der Waals surface area contributed by atoms with Crippen LogP contribution in [-0.2, 0) is 13.0 Å². The van der Waals surface area contributed by atoms with Crippen LogP contribution >= 0.6 is 15.9 Å². The smallest absolute Gasteiger partial charge is 0.0434 e. The van der Waals surface area contributed by atoms with E-state index in [0.29, 0.717) is 0 Å². The zero-order valence-corrected chi connectivity index (χ0v) is 11.7. The first kappa shape index (κ1) is 13.1. The van der Waals surface area contributed by atoms with Crippen molar-refractivity contribution in [3.8, 4) is 0 Å². The van der Waals surface area contributed by atoms with Crippen LogP contribution in [0.4, 0.5) is 0 Å². The molecule has 0 radical (unpaired) electrons. The molecule has 2 nitrogen and oxygen atoms in total. The number of aliphatic hydroxyl groups excluding tert-OH is 1. The third-order valence-corrected chi connectivity index (χ3v) is 4.07. The third-order valence-electron chi connectivity index (χ3n) is 3.33. The number of likely N-dealkylation sites (tertiary alicyclic amines) is 1. The predicted molar refractivity (Wildman–Crippen MR) is 74.1 cm³/mol. The molecule has 0 aliphatic carbocycles. The van der Waals surface area contributed by atoms with Crippen molar-refractivity contribution in [1.82, 2.24) is 4.90 Å². The van der Waals surface area contributed by atoms with Gasteiger partial charge >= 0.3 is 0 Å². The molecule has 1 aromatic rings. The summed E-state index contributed by atoms with van der Waals surface area (Å²) < 4.78 is 1.21. The number of halogens is 1. The first-order valence-electron chi connectivity index (χ1n) is 6.40. The number of aliphatic hydroxyl groups is 1. The molecule has 1 aliphatic heterocycles. The minimum atomic E-state index is 0.271. The summed E-state index contributed by atoms with van der Waals surface area (Å²) in [6, 6.07) is 6.60. The van der Waals surface area contributed by atoms with Crippen molar-refractivity contribution in [1.29, 1.82) is 0 Å². The van der Waals surface area contributed by atoms with Crippen molar-refractivity contribution < 1.29 is 5.11 Å². The highest BCUT2D eigenvalue weighted by molar-refractivity contribution is 9.10. The number of hydrogen-bond acceptors (Lipinski definition) is 2. The standard InChI is InChI=1S/C14H20BrNO/c15-14-10-12(4-3-9-17)5-6-13(14)11-16-7-1-2-8-16/h5-6,10,17H,1-4,7-9,11H2. The van der Waals surface area contributed by atoms with E-state index in [-0.39, 0.29) is 6.61 Å². The van der Waals surface area contributed by atoms with Gasteiger partial charge in [-0.15, -0.1) is 0 Å². The summed E-state index contributed by atoms with van der Waals surface area (Å²) in [5.41, 5.74) is 2.68. The monoisotopic (exact) mass is 297 g/mol. The molecular weight excluding hydrogens is 278 g/mol. The Labute approximate surface area is 112 Å². The fraction of sp³-hybridized carbons (Fsp3) is 0.571. The summed E-state index contributed by atoms with van der Waals surface area (Å²) in [7, 11) is 0. The average Bonchev–Trinajstić information content (AvgIpc) is 2.82. The van der Waals surface area contributed by atoms with Gasteiger partial charge in [-0.1, -0.05) is 28.1 Å². The molecule has 1 N–H and O–H groups in total. The van der Waals surface area contributed by atoms with Gasteiger partial charge in [0, 0.05) is 17.6 Å². The second kappa shape index (κ2) is 6.53. The van der Waals surface area contributed by atoms with Gasteiger partial charge in [0.15, 0.2) is 0 Å². The molecule has 1 fully saturated rings. The summed E-state index contributed by atoms with van der Waals surface area (Å²) in [6.07, 6.45) is 4.48. The molecule has 1 heterocycles. The van der Waals surface area contributed by atoms with E-state index in [4.69, 9.17) is 5.11 Å². The molecule has 1 saturated heterocycles. The lowest BCUT2D eigenvalue weighted by atomic mass is 10.1. The zero-order valence-electron chi connectivity index (χ0n) is 10.2. The van der Waals surface area contributed by atoms with Gasteiger partial charge < -0.3 is 5.11 Å². The Kier molecular flexibility index (Phi) is 5.01. The number of nitrogens with zero attached hydrogens (tertiary/aromatic N) is 1. The highest BCUT2D eigenvalue weighted by Crippen LogP contribution is 2.22. The highest BCUT2D eigenvalue weighted by Gasteiger charge is 2.13. The Morgan fingerprint density at radius 1 is 1.24 bits per heavy atom. The predicted octanol–water partition coefficient (Wildman–Crippen LogP) is 2.97. The number of rotatable bonds is 5. The van der Waals surface area contributed by atoms with Crippen LogP contribution in [0, 0.1) is 0 Å². The second-order valence-corrected chi connectivity index (χ2v) is 5.59. The Hall–Kier alpha value is -0.380. The molecule has 0 spiro atoms. The Balaban J connectivity index is 1.98. The highest BCUT2D eigenvalue weighted by atomic mass is 79.9. The number of hydrogen-bond donors (Lipinski definition) is 1. The molecular formula is C14H20BrNO. The zero-order chi connectivity index (χ0) is 12.1. The Bertz CT molecular complexity index is 361. The van der Waals surface area contributed by atoms with Crippen molar-refractivity contribution in [3.63, 3.8) is 0 Å². The van der Waals surface area contributed by atoms with Gasteiger partial charge in [-0.2, -0.15) is 0 Å². The van der Waals surface area contributed by atoms with Crippen LogP contribution in [0.5, 0.6) is 0 Å². The quantitative estimate of drug-likeness (QED) is 0.903. The molecule has 17 heavy (non-hydrogen) atoms. The number of benzene rings is 1. The molecule has 3 heteroatoms. The van der Waals surface area contributed by atoms with Gasteiger partial charge in [-0.3, -0.25) is 4.90 Å². The number of aryl methyl sites for hydroxylation is 1. The van der Waals surface area contributed by atoms with Gasteiger partial charge in [-0.05, 0) is 56.0 Å². The largest absolute Gasteiger partial charge is 0.396 e. The van der Waals surface area contributed by atoms with Gasteiger partial charge in [-0.25, -0.2) is 0 Å². The lowest BCUT2D eigenvalue weighted by Gasteiger charge is -2.16. The van der Waals surface area contributed by atoms with Crippen LogP contribution in [0.1, 0.15) is 30.4 Å². The van der Waals surface area contributed by atoms with E-state index in [9.17, 15) is 0 Å². The van der Waals surface area contributed by atoms with Crippen molar-refractivity contribution in [3.05, 3.63) is 33.8 Å². The average molecular weight is 298 g/mol. The molecule has 0 atom stereocenters. The maximum atomic E-state index is 8.82. The maximum absolute atomic E-state index is 8.82. The van der Waals surface area contributed by atoms with E-state index in [1.165, 1.54) is 41.5 Å². The van der Waals surface area contributed by atoms with E-state index in [0.717, 1.165) is 19.4 Å². The molecule has 0 unspecified atom stereocenters. The first-order valence-corrected chi connectivity index (χ1v) is 7.19. The fourth-order valence-electron chi connectivity index (χ4n) is 2.34. The minimum Gasteiger partial charge on any atom is -0.396 e. The third kappa shape index (κ3) is 3.80. The van der Waals surface area contributed by atoms with Crippen molar-refractivity contribution >= 4 is 15.9 Å². The van der Waals surface area contributed by atoms with Crippen LogP contribution < -0.4 is 0 Å². The van der Waals surface area contributed by atoms with Crippen molar-refractivity contribution in [2.45, 2.75) is 32.2 Å². The van der Waals surface area contributed by atoms with E-state index in [2.05, 4.69) is 39.0 Å². The summed E-state index contributed by atoms with van der Waals surface area (Å²) in [4.78, 5) is 2.51. The molecule has 0 bridgehead atoms. The molecule has 1 aromatic carbocycles. The van der Waals surface area contributed by atoms with E-state index < -0.39 is 0 Å². The van der Waals surface area contributed by atoms with E-state index >= 15 is 0 Å². The molecule has 1 aliphatic rings. The topological polar surface area (TPSA) is 23.5 Å². The van der Waals surface area contributed by atoms with Crippen LogP contribution in [0.25, 0.3) is 0 Å². The van der Waals surface area contributed by atoms with Crippen LogP contribution in [0.3, 0.4) is 0 Å². The summed E-state index contributed by atoms with van der Waals surface area (Å²) in [5, 5.41) is 8.82. The maximum Gasteiger partial charge on any atom is 0.0434 e. The van der Waals surface area contributed by atoms with Crippen LogP contribution in [-0.4, -0.2) is 29.7 Å². The summed E-state index contributed by atoms with van der Waals surface area (Å²) in [6.45, 7) is 3.80. The molecule has 0 saturated carbocycles. The normalized spacial score (nSPS) is 16.6. The SMILES string of the molecule is OCCCc1ccc(CN2CCCC2)c(Br)c1. The van der Waals surface area contributed by atoms with Gasteiger partial charge in [0.1, 0.15) is 0 Å². The molecule has 94 valence electrons. The lowest BCUT2D eigenvalue weighted by molar-refractivity contribution is 0.288. The van der Waals surface area contributed by atoms with Crippen LogP contribution in [0.15, 0.2) is 22.7 Å². The Morgan fingerprint density at radius 3 is 2.65 bits per heavy atom. The molecule has 0 amide bonds. The van der Waals surface area contributed by atoms with Gasteiger partial charge in [0.25, 0.3) is 0 Å². The first-order chi connectivity index (χ1) is 8.29. The van der Waals surface area contributed by atoms with E-state index in [1.807, 2.05) is 0 Å². The lowest BCUT2D eigenvalue weighted by Crippen LogP contribution is -2.18. The Morgan fingerprint density at radius 2 is 2.00 bits per heavy atom. The molecule has 0 aromatic heterocycles. The van der Waals surface area contributed by atoms with Gasteiger partial charge in [0.2, 0.25) is 0 Å². The summed E-state index contributed by atoms with van der Waals surface area (Å²) in [5.74, 6) is 0. The van der Waals surface area contributed by atoms with Gasteiger partial charge in [0.05, 0.1) is 0 Å². The second-order valence-electron chi connectivity index (χ2n) is 4.74.